The van der Waals surface area contributed by atoms with E-state index in [2.05, 4.69) is 37.1 Å². The van der Waals surface area contributed by atoms with E-state index in [1.54, 1.807) is 0 Å². The number of fused-ring (bicyclic) bond motifs is 1. The molecule has 0 spiro atoms. The number of carboxylic acid groups (broad SMARTS) is 1. The Morgan fingerprint density at radius 1 is 1.32 bits per heavy atom. The lowest BCUT2D eigenvalue weighted by molar-refractivity contribution is -0.0366. The smallest absolute Gasteiger partial charge is 0.407 e. The van der Waals surface area contributed by atoms with Crippen LogP contribution in [0.25, 0.3) is 16.5 Å². The Hall–Kier alpha value is -2.85. The van der Waals surface area contributed by atoms with Crippen LogP contribution in [-0.2, 0) is 4.74 Å². The van der Waals surface area contributed by atoms with Gasteiger partial charge in [0, 0.05) is 36.9 Å². The summed E-state index contributed by atoms with van der Waals surface area (Å²) in [6.07, 6.45) is 5.96. The molecule has 1 amide bonds. The zero-order valence-corrected chi connectivity index (χ0v) is 18.3. The number of allylic oxidation sites excluding steroid dienone is 1. The summed E-state index contributed by atoms with van der Waals surface area (Å²) in [6, 6.07) is 8.59. The number of carbonyl (C=O) groups is 1. The van der Waals surface area contributed by atoms with Crippen LogP contribution in [0.5, 0.6) is 0 Å². The summed E-state index contributed by atoms with van der Waals surface area (Å²) in [7, 11) is 0. The molecule has 4 rings (SSSR count). The van der Waals surface area contributed by atoms with Crippen LogP contribution in [0.4, 0.5) is 4.79 Å². The van der Waals surface area contributed by atoms with Crippen molar-refractivity contribution in [2.75, 3.05) is 19.7 Å². The summed E-state index contributed by atoms with van der Waals surface area (Å²) < 4.78 is 7.96. The van der Waals surface area contributed by atoms with E-state index in [1.165, 1.54) is 10.5 Å². The van der Waals surface area contributed by atoms with Crippen molar-refractivity contribution in [3.63, 3.8) is 0 Å². The lowest BCUT2D eigenvalue weighted by atomic mass is 9.73. The molecule has 164 valence electrons. The predicted molar refractivity (Wildman–Crippen MR) is 118 cm³/mol. The Kier molecular flexibility index (Phi) is 6.01. The maximum Gasteiger partial charge on any atom is 0.407 e. The van der Waals surface area contributed by atoms with Gasteiger partial charge in [-0.3, -0.25) is 0 Å². The van der Waals surface area contributed by atoms with Crippen molar-refractivity contribution in [3.05, 3.63) is 35.5 Å². The van der Waals surface area contributed by atoms with Crippen LogP contribution >= 0.6 is 0 Å². The third-order valence-corrected chi connectivity index (χ3v) is 6.53. The molecule has 0 aliphatic carbocycles. The number of ether oxygens (including phenoxy) is 1. The largest absolute Gasteiger partial charge is 0.465 e. The van der Waals surface area contributed by atoms with E-state index in [4.69, 9.17) is 4.74 Å². The minimum absolute atomic E-state index is 0.0384. The quantitative estimate of drug-likeness (QED) is 0.731. The van der Waals surface area contributed by atoms with E-state index in [-0.39, 0.29) is 11.6 Å². The van der Waals surface area contributed by atoms with Crippen molar-refractivity contribution < 1.29 is 14.6 Å². The molecule has 0 radical (unpaired) electrons. The van der Waals surface area contributed by atoms with Gasteiger partial charge in [0.2, 0.25) is 0 Å². The molecule has 2 aliphatic heterocycles. The van der Waals surface area contributed by atoms with E-state index >= 15 is 0 Å². The van der Waals surface area contributed by atoms with Crippen LogP contribution in [0.2, 0.25) is 0 Å². The fourth-order valence-electron chi connectivity index (χ4n) is 4.97. The number of hydrogen-bond acceptors (Lipinski definition) is 4. The van der Waals surface area contributed by atoms with Crippen molar-refractivity contribution in [2.45, 2.75) is 58.6 Å². The Morgan fingerprint density at radius 2 is 2.10 bits per heavy atom. The first-order valence-electron chi connectivity index (χ1n) is 11.1. The summed E-state index contributed by atoms with van der Waals surface area (Å²) in [5, 5.41) is 24.6. The molecule has 2 aliphatic rings. The number of hydrogen-bond donors (Lipinski definition) is 1. The standard InChI is InChI=1S/C24H30N4O3/c1-24(2,11-12-25)22(17-9-13-27(14-10-17)23(29)30)18-6-5-7-20-19(18)16-26-28(20)21-8-3-4-15-31-21/h5-7,16,21H,3-4,8-11,13-15H2,1-2H3,(H,29,30). The maximum atomic E-state index is 11.4. The van der Waals surface area contributed by atoms with Gasteiger partial charge in [0.1, 0.15) is 0 Å². The van der Waals surface area contributed by atoms with E-state index in [9.17, 15) is 15.2 Å². The van der Waals surface area contributed by atoms with Crippen LogP contribution < -0.4 is 0 Å². The minimum atomic E-state index is -0.868. The van der Waals surface area contributed by atoms with E-state index in [0.29, 0.717) is 32.4 Å². The number of likely N-dealkylation sites (tertiary alicyclic amines) is 1. The monoisotopic (exact) mass is 422 g/mol. The van der Waals surface area contributed by atoms with Crippen LogP contribution in [-0.4, -0.2) is 45.6 Å². The average Bonchev–Trinajstić information content (AvgIpc) is 3.20. The van der Waals surface area contributed by atoms with Crippen LogP contribution in [0, 0.1) is 16.7 Å². The Bertz CT molecular complexity index is 1030. The van der Waals surface area contributed by atoms with Crippen molar-refractivity contribution in [1.82, 2.24) is 14.7 Å². The third-order valence-electron chi connectivity index (χ3n) is 6.53. The molecule has 0 saturated carbocycles. The zero-order valence-electron chi connectivity index (χ0n) is 18.3. The third kappa shape index (κ3) is 4.17. The molecule has 1 N–H and O–H groups in total. The Labute approximate surface area is 182 Å². The van der Waals surface area contributed by atoms with Gasteiger partial charge >= 0.3 is 6.09 Å². The Morgan fingerprint density at radius 3 is 2.74 bits per heavy atom. The SMILES string of the molecule is CC(C)(CC#N)C(=C1CCN(C(=O)O)CC1)c1cccc2c1cnn2C1CCCCO1. The van der Waals surface area contributed by atoms with E-state index < -0.39 is 6.09 Å². The topological polar surface area (TPSA) is 91.4 Å². The lowest BCUT2D eigenvalue weighted by Gasteiger charge is -2.34. The minimum Gasteiger partial charge on any atom is -0.465 e. The molecule has 7 nitrogen and oxygen atoms in total. The average molecular weight is 423 g/mol. The second-order valence-corrected chi connectivity index (χ2v) is 9.12. The molecule has 31 heavy (non-hydrogen) atoms. The molecule has 1 aromatic carbocycles. The van der Waals surface area contributed by atoms with Gasteiger partial charge in [-0.2, -0.15) is 10.4 Å². The number of benzene rings is 1. The molecule has 7 heteroatoms. The summed E-state index contributed by atoms with van der Waals surface area (Å²) in [5.41, 5.74) is 4.19. The number of amides is 1. The highest BCUT2D eigenvalue weighted by atomic mass is 16.5. The molecule has 3 heterocycles. The number of nitriles is 1. The van der Waals surface area contributed by atoms with E-state index in [0.717, 1.165) is 47.9 Å². The summed E-state index contributed by atoms with van der Waals surface area (Å²) >= 11 is 0. The predicted octanol–water partition coefficient (Wildman–Crippen LogP) is 5.20. The molecule has 2 aromatic rings. The van der Waals surface area contributed by atoms with Crippen molar-refractivity contribution in [3.8, 4) is 6.07 Å². The molecular formula is C24H30N4O3. The molecule has 2 fully saturated rings. The molecule has 1 unspecified atom stereocenters. The highest BCUT2D eigenvalue weighted by Gasteiger charge is 2.31. The van der Waals surface area contributed by atoms with Gasteiger partial charge < -0.3 is 14.7 Å². The fraction of sp³-hybridized carbons (Fsp3) is 0.542. The highest BCUT2D eigenvalue weighted by Crippen LogP contribution is 2.44. The first-order chi connectivity index (χ1) is 14.9. The van der Waals surface area contributed by atoms with Gasteiger partial charge in [-0.1, -0.05) is 31.6 Å². The van der Waals surface area contributed by atoms with Gasteiger partial charge in [-0.15, -0.1) is 0 Å². The molecule has 1 aromatic heterocycles. The zero-order chi connectivity index (χ0) is 22.0. The lowest BCUT2D eigenvalue weighted by Crippen LogP contribution is -2.35. The Balaban J connectivity index is 1.81. The van der Waals surface area contributed by atoms with Gasteiger partial charge in [-0.25, -0.2) is 9.48 Å². The van der Waals surface area contributed by atoms with Crippen LogP contribution in [0.15, 0.2) is 30.0 Å². The normalized spacial score (nSPS) is 20.0. The second-order valence-electron chi connectivity index (χ2n) is 9.12. The fourth-order valence-corrected chi connectivity index (χ4v) is 4.97. The summed E-state index contributed by atoms with van der Waals surface area (Å²) in [6.45, 7) is 5.95. The first kappa shape index (κ1) is 21.4. The first-order valence-corrected chi connectivity index (χ1v) is 11.1. The number of rotatable bonds is 4. The maximum absolute atomic E-state index is 11.4. The van der Waals surface area contributed by atoms with Crippen molar-refractivity contribution >= 4 is 22.6 Å². The highest BCUT2D eigenvalue weighted by molar-refractivity contribution is 5.94. The molecule has 0 bridgehead atoms. The summed E-state index contributed by atoms with van der Waals surface area (Å²) in [5.74, 6) is 0. The number of aromatic nitrogens is 2. The van der Waals surface area contributed by atoms with Crippen molar-refractivity contribution in [2.24, 2.45) is 5.41 Å². The van der Waals surface area contributed by atoms with E-state index in [1.807, 2.05) is 16.9 Å². The van der Waals surface area contributed by atoms with Gasteiger partial charge in [0.15, 0.2) is 6.23 Å². The summed E-state index contributed by atoms with van der Waals surface area (Å²) in [4.78, 5) is 12.8. The van der Waals surface area contributed by atoms with Gasteiger partial charge in [0.25, 0.3) is 0 Å². The van der Waals surface area contributed by atoms with Crippen LogP contribution in [0.3, 0.4) is 0 Å². The van der Waals surface area contributed by atoms with Crippen LogP contribution in [0.1, 0.15) is 64.2 Å². The van der Waals surface area contributed by atoms with Crippen molar-refractivity contribution in [1.29, 1.82) is 5.26 Å². The molecule has 1 atom stereocenters. The number of nitrogens with zero attached hydrogens (tertiary/aromatic N) is 4. The molecular weight excluding hydrogens is 392 g/mol. The second kappa shape index (κ2) is 8.72. The molecule has 2 saturated heterocycles. The van der Waals surface area contributed by atoms with Gasteiger partial charge in [-0.05, 0) is 49.3 Å². The van der Waals surface area contributed by atoms with Gasteiger partial charge in [0.05, 0.1) is 17.8 Å². The number of piperidine rings is 1.